The van der Waals surface area contributed by atoms with Crippen molar-refractivity contribution in [3.63, 3.8) is 0 Å². The highest BCUT2D eigenvalue weighted by atomic mass is 16.6. The monoisotopic (exact) mass is 398 g/mol. The molecule has 1 aromatic carbocycles. The van der Waals surface area contributed by atoms with Crippen LogP contribution in [0, 0.1) is 0 Å². The Morgan fingerprint density at radius 2 is 1.97 bits per heavy atom. The van der Waals surface area contributed by atoms with E-state index in [4.69, 9.17) is 4.74 Å². The number of aromatic nitrogens is 2. The molecule has 1 saturated heterocycles. The Morgan fingerprint density at radius 1 is 1.24 bits per heavy atom. The Kier molecular flexibility index (Phi) is 6.41. The zero-order valence-electron chi connectivity index (χ0n) is 17.6. The summed E-state index contributed by atoms with van der Waals surface area (Å²) in [4.78, 5) is 18.0. The number of likely N-dealkylation sites (tertiary alicyclic amines) is 1. The number of carbonyl (C=O) groups excluding carboxylic acids is 1. The summed E-state index contributed by atoms with van der Waals surface area (Å²) >= 11 is 0. The summed E-state index contributed by atoms with van der Waals surface area (Å²) in [5.41, 5.74) is 1.82. The van der Waals surface area contributed by atoms with Gasteiger partial charge in [0.1, 0.15) is 5.60 Å². The van der Waals surface area contributed by atoms with Gasteiger partial charge in [-0.1, -0.05) is 30.3 Å². The third-order valence-corrected chi connectivity index (χ3v) is 4.43. The summed E-state index contributed by atoms with van der Waals surface area (Å²) in [5.74, 6) is 0.703. The van der Waals surface area contributed by atoms with Gasteiger partial charge in [0.25, 0.3) is 0 Å². The van der Waals surface area contributed by atoms with Crippen molar-refractivity contribution in [3.8, 4) is 0 Å². The predicted molar refractivity (Wildman–Crippen MR) is 113 cm³/mol. The number of hydrogen-bond donors (Lipinski definition) is 2. The molecule has 8 nitrogen and oxygen atoms in total. The lowest BCUT2D eigenvalue weighted by atomic mass is 10.1. The van der Waals surface area contributed by atoms with E-state index in [0.29, 0.717) is 25.6 Å². The second kappa shape index (κ2) is 8.98. The van der Waals surface area contributed by atoms with Crippen molar-refractivity contribution in [2.75, 3.05) is 20.1 Å². The highest BCUT2D eigenvalue weighted by Crippen LogP contribution is 2.15. The standard InChI is InChI=1S/C21H30N6O2/c1-21(2,3)29-20(28)26-14-18(15-26)25-19(22-4)23-10-17-11-24-27(13-17)12-16-8-6-5-7-9-16/h5-9,11,13,18H,10,12,14-15H2,1-4H3,(H2,22,23,25). The summed E-state index contributed by atoms with van der Waals surface area (Å²) in [7, 11) is 1.73. The highest BCUT2D eigenvalue weighted by Gasteiger charge is 2.34. The fourth-order valence-electron chi connectivity index (χ4n) is 2.97. The maximum atomic E-state index is 12.0. The van der Waals surface area contributed by atoms with Gasteiger partial charge in [0.05, 0.1) is 18.8 Å². The van der Waals surface area contributed by atoms with E-state index in [2.05, 4.69) is 32.9 Å². The van der Waals surface area contributed by atoms with Crippen LogP contribution in [0.5, 0.6) is 0 Å². The SMILES string of the molecule is CN=C(NCc1cnn(Cc2ccccc2)c1)NC1CN(C(=O)OC(C)(C)C)C1. The molecular weight excluding hydrogens is 368 g/mol. The van der Waals surface area contributed by atoms with E-state index in [0.717, 1.165) is 12.1 Å². The first kappa shape index (κ1) is 20.7. The summed E-state index contributed by atoms with van der Waals surface area (Å²) in [6.07, 6.45) is 3.61. The lowest BCUT2D eigenvalue weighted by Gasteiger charge is -2.40. The molecule has 2 N–H and O–H groups in total. The average molecular weight is 399 g/mol. The van der Waals surface area contributed by atoms with E-state index in [1.807, 2.05) is 56.0 Å². The number of nitrogens with one attached hydrogen (secondary N) is 2. The number of carbonyl (C=O) groups is 1. The minimum Gasteiger partial charge on any atom is -0.444 e. The molecule has 29 heavy (non-hydrogen) atoms. The van der Waals surface area contributed by atoms with Crippen molar-refractivity contribution in [1.82, 2.24) is 25.3 Å². The molecule has 156 valence electrons. The number of amides is 1. The Balaban J connectivity index is 1.41. The summed E-state index contributed by atoms with van der Waals surface area (Å²) in [6.45, 7) is 8.18. The van der Waals surface area contributed by atoms with Crippen LogP contribution in [0.4, 0.5) is 4.79 Å². The van der Waals surface area contributed by atoms with Gasteiger partial charge in [0.2, 0.25) is 0 Å². The van der Waals surface area contributed by atoms with Crippen LogP contribution in [-0.2, 0) is 17.8 Å². The number of aliphatic imine (C=N–C) groups is 1. The van der Waals surface area contributed by atoms with Gasteiger partial charge in [-0.15, -0.1) is 0 Å². The van der Waals surface area contributed by atoms with Crippen LogP contribution in [0.15, 0.2) is 47.7 Å². The average Bonchev–Trinajstić information content (AvgIpc) is 3.06. The zero-order chi connectivity index (χ0) is 20.9. The molecule has 8 heteroatoms. The topological polar surface area (TPSA) is 83.8 Å². The van der Waals surface area contributed by atoms with Gasteiger partial charge in [0, 0.05) is 38.4 Å². The molecular formula is C21H30N6O2. The molecule has 0 aliphatic carbocycles. The normalized spacial score (nSPS) is 15.0. The van der Waals surface area contributed by atoms with Crippen LogP contribution in [-0.4, -0.2) is 58.5 Å². The van der Waals surface area contributed by atoms with Gasteiger partial charge in [-0.2, -0.15) is 5.10 Å². The van der Waals surface area contributed by atoms with E-state index < -0.39 is 5.60 Å². The zero-order valence-corrected chi connectivity index (χ0v) is 17.6. The fraction of sp³-hybridized carbons (Fsp3) is 0.476. The number of ether oxygens (including phenoxy) is 1. The number of rotatable bonds is 5. The van der Waals surface area contributed by atoms with E-state index in [1.54, 1.807) is 11.9 Å². The van der Waals surface area contributed by atoms with Crippen LogP contribution in [0.2, 0.25) is 0 Å². The number of nitrogens with zero attached hydrogens (tertiary/aromatic N) is 4. The predicted octanol–water partition coefficient (Wildman–Crippen LogP) is 2.22. The molecule has 1 aliphatic heterocycles. The van der Waals surface area contributed by atoms with Crippen molar-refractivity contribution in [2.45, 2.75) is 45.5 Å². The summed E-state index contributed by atoms with van der Waals surface area (Å²) in [5, 5.41) is 11.0. The van der Waals surface area contributed by atoms with E-state index in [1.165, 1.54) is 5.56 Å². The number of benzene rings is 1. The molecule has 1 amide bonds. The van der Waals surface area contributed by atoms with Gasteiger partial charge >= 0.3 is 6.09 Å². The van der Waals surface area contributed by atoms with Gasteiger partial charge in [-0.3, -0.25) is 9.67 Å². The largest absolute Gasteiger partial charge is 0.444 e. The minimum atomic E-state index is -0.474. The molecule has 2 heterocycles. The van der Waals surface area contributed by atoms with Crippen molar-refractivity contribution >= 4 is 12.1 Å². The van der Waals surface area contributed by atoms with E-state index in [-0.39, 0.29) is 12.1 Å². The van der Waals surface area contributed by atoms with Crippen LogP contribution in [0.25, 0.3) is 0 Å². The number of guanidine groups is 1. The minimum absolute atomic E-state index is 0.162. The molecule has 0 saturated carbocycles. The molecule has 1 fully saturated rings. The smallest absolute Gasteiger partial charge is 0.410 e. The first-order valence-corrected chi connectivity index (χ1v) is 9.83. The van der Waals surface area contributed by atoms with Crippen LogP contribution in [0.1, 0.15) is 31.9 Å². The van der Waals surface area contributed by atoms with Crippen LogP contribution >= 0.6 is 0 Å². The molecule has 3 rings (SSSR count). The molecule has 0 radical (unpaired) electrons. The third kappa shape index (κ3) is 6.23. The van der Waals surface area contributed by atoms with Crippen molar-refractivity contribution in [2.24, 2.45) is 4.99 Å². The van der Waals surface area contributed by atoms with Crippen molar-refractivity contribution in [3.05, 3.63) is 53.9 Å². The third-order valence-electron chi connectivity index (χ3n) is 4.43. The van der Waals surface area contributed by atoms with E-state index >= 15 is 0 Å². The summed E-state index contributed by atoms with van der Waals surface area (Å²) < 4.78 is 7.30. The molecule has 0 atom stereocenters. The van der Waals surface area contributed by atoms with Gasteiger partial charge < -0.3 is 20.3 Å². The van der Waals surface area contributed by atoms with E-state index in [9.17, 15) is 4.79 Å². The molecule has 0 bridgehead atoms. The van der Waals surface area contributed by atoms with Crippen molar-refractivity contribution < 1.29 is 9.53 Å². The first-order valence-electron chi connectivity index (χ1n) is 9.83. The van der Waals surface area contributed by atoms with Crippen LogP contribution in [0.3, 0.4) is 0 Å². The Labute approximate surface area is 171 Å². The number of hydrogen-bond acceptors (Lipinski definition) is 4. The molecule has 0 spiro atoms. The van der Waals surface area contributed by atoms with Gasteiger partial charge in [0.15, 0.2) is 5.96 Å². The molecule has 0 unspecified atom stereocenters. The Morgan fingerprint density at radius 3 is 2.62 bits per heavy atom. The fourth-order valence-corrected chi connectivity index (χ4v) is 2.97. The molecule has 2 aromatic rings. The second-order valence-corrected chi connectivity index (χ2v) is 8.18. The summed E-state index contributed by atoms with van der Waals surface area (Å²) in [6, 6.07) is 10.4. The lowest BCUT2D eigenvalue weighted by molar-refractivity contribution is 0.00701. The molecule has 1 aliphatic rings. The van der Waals surface area contributed by atoms with Gasteiger partial charge in [-0.25, -0.2) is 4.79 Å². The van der Waals surface area contributed by atoms with Gasteiger partial charge in [-0.05, 0) is 26.3 Å². The van der Waals surface area contributed by atoms with Crippen molar-refractivity contribution in [1.29, 1.82) is 0 Å². The first-order chi connectivity index (χ1) is 13.8. The maximum absolute atomic E-state index is 12.0. The highest BCUT2D eigenvalue weighted by molar-refractivity contribution is 5.80. The lowest BCUT2D eigenvalue weighted by Crippen LogP contribution is -2.63. The Hall–Kier alpha value is -3.03. The van der Waals surface area contributed by atoms with Crippen LogP contribution < -0.4 is 10.6 Å². The maximum Gasteiger partial charge on any atom is 0.410 e. The Bertz CT molecular complexity index is 834. The second-order valence-electron chi connectivity index (χ2n) is 8.18. The quantitative estimate of drug-likeness (QED) is 0.596. The molecule has 1 aromatic heterocycles.